The molecule has 29 heavy (non-hydrogen) atoms. The highest BCUT2D eigenvalue weighted by Gasteiger charge is 2.29. The van der Waals surface area contributed by atoms with Gasteiger partial charge in [-0.05, 0) is 55.2 Å². The second-order valence-electron chi connectivity index (χ2n) is 6.86. The number of nitrogens with one attached hydrogen (secondary N) is 3. The van der Waals surface area contributed by atoms with E-state index in [1.54, 1.807) is 14.2 Å². The number of benzene rings is 2. The Morgan fingerprint density at radius 1 is 1.07 bits per heavy atom. The van der Waals surface area contributed by atoms with Crippen LogP contribution in [-0.2, 0) is 11.2 Å². The van der Waals surface area contributed by atoms with Crippen LogP contribution in [0.3, 0.4) is 0 Å². The molecule has 156 valence electrons. The molecule has 7 heteroatoms. The summed E-state index contributed by atoms with van der Waals surface area (Å²) in [6.07, 6.45) is 1.41. The summed E-state index contributed by atoms with van der Waals surface area (Å²) in [5.41, 5.74) is 8.51. The number of hydrogen-bond donors (Lipinski definition) is 3. The van der Waals surface area contributed by atoms with Gasteiger partial charge in [-0.15, -0.1) is 0 Å². The van der Waals surface area contributed by atoms with E-state index < -0.39 is 0 Å². The predicted molar refractivity (Wildman–Crippen MR) is 111 cm³/mol. The van der Waals surface area contributed by atoms with Crippen molar-refractivity contribution in [1.29, 1.82) is 0 Å². The lowest BCUT2D eigenvalue weighted by atomic mass is 10.0. The molecule has 0 bridgehead atoms. The number of methoxy groups -OCH3 is 2. The first-order chi connectivity index (χ1) is 14.1. The zero-order valence-electron chi connectivity index (χ0n) is 17.2. The molecule has 2 aromatic rings. The lowest BCUT2D eigenvalue weighted by Gasteiger charge is -2.12. The maximum absolute atomic E-state index is 12.5. The predicted octanol–water partition coefficient (Wildman–Crippen LogP) is 2.37. The Labute approximate surface area is 171 Å². The summed E-state index contributed by atoms with van der Waals surface area (Å²) in [7, 11) is 3.23. The molecule has 1 fully saturated rings. The Kier molecular flexibility index (Phi) is 7.32. The molecule has 7 nitrogen and oxygen atoms in total. The van der Waals surface area contributed by atoms with E-state index >= 15 is 0 Å². The van der Waals surface area contributed by atoms with Gasteiger partial charge in [0.15, 0.2) is 11.5 Å². The minimum absolute atomic E-state index is 0.00795. The number of ether oxygens (including phenoxy) is 3. The van der Waals surface area contributed by atoms with Gasteiger partial charge in [-0.1, -0.05) is 18.2 Å². The molecule has 3 rings (SSSR count). The Bertz CT molecular complexity index is 810. The van der Waals surface area contributed by atoms with Crippen molar-refractivity contribution in [3.8, 4) is 17.2 Å². The molecule has 2 aromatic carbocycles. The molecule has 1 aliphatic rings. The van der Waals surface area contributed by atoms with Crippen LogP contribution >= 0.6 is 0 Å². The zero-order chi connectivity index (χ0) is 20.6. The van der Waals surface area contributed by atoms with Gasteiger partial charge in [0.2, 0.25) is 5.91 Å². The van der Waals surface area contributed by atoms with E-state index in [2.05, 4.69) is 16.2 Å². The Hall–Kier alpha value is -2.77. The van der Waals surface area contributed by atoms with Crippen LogP contribution in [0.2, 0.25) is 0 Å². The molecule has 0 aliphatic carbocycles. The van der Waals surface area contributed by atoms with Crippen molar-refractivity contribution in [2.24, 2.45) is 0 Å². The fourth-order valence-corrected chi connectivity index (χ4v) is 3.40. The topological polar surface area (TPSA) is 80.9 Å². The molecular formula is C22H29N3O4. The van der Waals surface area contributed by atoms with E-state index in [0.29, 0.717) is 37.5 Å². The maximum Gasteiger partial charge on any atom is 0.238 e. The first kappa shape index (κ1) is 21.0. The van der Waals surface area contributed by atoms with Crippen LogP contribution in [0.25, 0.3) is 0 Å². The molecule has 1 saturated heterocycles. The molecule has 0 spiro atoms. The number of rotatable bonds is 9. The van der Waals surface area contributed by atoms with Crippen molar-refractivity contribution in [1.82, 2.24) is 16.2 Å². The van der Waals surface area contributed by atoms with E-state index in [4.69, 9.17) is 14.2 Å². The van der Waals surface area contributed by atoms with Crippen LogP contribution in [-0.4, -0.2) is 39.3 Å². The summed E-state index contributed by atoms with van der Waals surface area (Å²) in [5.74, 6) is 2.23. The van der Waals surface area contributed by atoms with Gasteiger partial charge in [-0.25, -0.2) is 10.9 Å². The Morgan fingerprint density at radius 3 is 2.52 bits per heavy atom. The van der Waals surface area contributed by atoms with Crippen molar-refractivity contribution < 1.29 is 19.0 Å². The molecule has 2 atom stereocenters. The third-order valence-electron chi connectivity index (χ3n) is 4.97. The SMILES string of the molecule is CCOc1ccc(C2CC(C(=O)NCCc3ccc(OC)c(OC)c3)NN2)cc1. The van der Waals surface area contributed by atoms with Gasteiger partial charge >= 0.3 is 0 Å². The van der Waals surface area contributed by atoms with E-state index in [1.807, 2.05) is 49.4 Å². The normalized spacial score (nSPS) is 18.3. The molecule has 2 unspecified atom stereocenters. The molecule has 1 heterocycles. The first-order valence-corrected chi connectivity index (χ1v) is 9.87. The van der Waals surface area contributed by atoms with E-state index in [9.17, 15) is 4.79 Å². The molecule has 3 N–H and O–H groups in total. The van der Waals surface area contributed by atoms with Gasteiger partial charge < -0.3 is 19.5 Å². The van der Waals surface area contributed by atoms with Crippen molar-refractivity contribution in [3.63, 3.8) is 0 Å². The van der Waals surface area contributed by atoms with Gasteiger partial charge in [0, 0.05) is 12.6 Å². The van der Waals surface area contributed by atoms with Crippen LogP contribution in [0.5, 0.6) is 17.2 Å². The minimum Gasteiger partial charge on any atom is -0.494 e. The average molecular weight is 399 g/mol. The van der Waals surface area contributed by atoms with E-state index in [1.165, 1.54) is 0 Å². The third-order valence-corrected chi connectivity index (χ3v) is 4.97. The summed E-state index contributed by atoms with van der Waals surface area (Å²) >= 11 is 0. The van der Waals surface area contributed by atoms with Gasteiger partial charge in [-0.2, -0.15) is 0 Å². The van der Waals surface area contributed by atoms with Crippen molar-refractivity contribution in [2.75, 3.05) is 27.4 Å². The van der Waals surface area contributed by atoms with Gasteiger partial charge in [0.25, 0.3) is 0 Å². The van der Waals surface area contributed by atoms with E-state index in [0.717, 1.165) is 16.9 Å². The molecule has 0 aromatic heterocycles. The van der Waals surface area contributed by atoms with Gasteiger partial charge in [0.1, 0.15) is 11.8 Å². The molecular weight excluding hydrogens is 370 g/mol. The highest BCUT2D eigenvalue weighted by Crippen LogP contribution is 2.28. The monoisotopic (exact) mass is 399 g/mol. The Balaban J connectivity index is 1.47. The molecule has 0 saturated carbocycles. The maximum atomic E-state index is 12.5. The zero-order valence-corrected chi connectivity index (χ0v) is 17.2. The number of amides is 1. The fourth-order valence-electron chi connectivity index (χ4n) is 3.40. The largest absolute Gasteiger partial charge is 0.494 e. The second kappa shape index (κ2) is 10.1. The lowest BCUT2D eigenvalue weighted by Crippen LogP contribution is -2.43. The van der Waals surface area contributed by atoms with Gasteiger partial charge in [-0.3, -0.25) is 4.79 Å². The standard InChI is InChI=1S/C22H29N3O4/c1-4-29-17-8-6-16(7-9-17)18-14-19(25-24-18)22(26)23-12-11-15-5-10-20(27-2)21(13-15)28-3/h5-10,13,18-19,24-25H,4,11-12,14H2,1-3H3,(H,23,26). The Morgan fingerprint density at radius 2 is 1.83 bits per heavy atom. The smallest absolute Gasteiger partial charge is 0.238 e. The molecule has 0 radical (unpaired) electrons. The summed E-state index contributed by atoms with van der Waals surface area (Å²) < 4.78 is 16.0. The van der Waals surface area contributed by atoms with Crippen LogP contribution in [0, 0.1) is 0 Å². The van der Waals surface area contributed by atoms with Gasteiger partial charge in [0.05, 0.1) is 20.8 Å². The average Bonchev–Trinajstić information content (AvgIpc) is 3.24. The van der Waals surface area contributed by atoms with Crippen LogP contribution in [0.4, 0.5) is 0 Å². The van der Waals surface area contributed by atoms with Crippen LogP contribution < -0.4 is 30.4 Å². The van der Waals surface area contributed by atoms with Crippen LogP contribution in [0.15, 0.2) is 42.5 Å². The molecule has 1 aliphatic heterocycles. The number of carbonyl (C=O) groups is 1. The number of carbonyl (C=O) groups excluding carboxylic acids is 1. The second-order valence-corrected chi connectivity index (χ2v) is 6.86. The summed E-state index contributed by atoms with van der Waals surface area (Å²) in [5, 5.41) is 3.00. The summed E-state index contributed by atoms with van der Waals surface area (Å²) in [6.45, 7) is 3.17. The minimum atomic E-state index is -0.267. The van der Waals surface area contributed by atoms with E-state index in [-0.39, 0.29) is 18.0 Å². The van der Waals surface area contributed by atoms with Crippen LogP contribution in [0.1, 0.15) is 30.5 Å². The summed E-state index contributed by atoms with van der Waals surface area (Å²) in [6, 6.07) is 13.6. The fraction of sp³-hybridized carbons (Fsp3) is 0.409. The number of hydrazine groups is 1. The van der Waals surface area contributed by atoms with Crippen molar-refractivity contribution in [3.05, 3.63) is 53.6 Å². The van der Waals surface area contributed by atoms with Crippen molar-refractivity contribution in [2.45, 2.75) is 31.8 Å². The first-order valence-electron chi connectivity index (χ1n) is 9.87. The molecule has 1 amide bonds. The summed E-state index contributed by atoms with van der Waals surface area (Å²) in [4.78, 5) is 12.5. The lowest BCUT2D eigenvalue weighted by molar-refractivity contribution is -0.122. The quantitative estimate of drug-likeness (QED) is 0.601. The highest BCUT2D eigenvalue weighted by molar-refractivity contribution is 5.82. The van der Waals surface area contributed by atoms with Crippen molar-refractivity contribution >= 4 is 5.91 Å². The highest BCUT2D eigenvalue weighted by atomic mass is 16.5. The third kappa shape index (κ3) is 5.40. The number of hydrogen-bond acceptors (Lipinski definition) is 6.